The van der Waals surface area contributed by atoms with Crippen molar-refractivity contribution in [3.05, 3.63) is 89.1 Å². The Morgan fingerprint density at radius 3 is 2.24 bits per heavy atom. The molecule has 0 unspecified atom stereocenters. The number of aromatic nitrogens is 1. The van der Waals surface area contributed by atoms with Gasteiger partial charge >= 0.3 is 6.18 Å². The summed E-state index contributed by atoms with van der Waals surface area (Å²) in [5.41, 5.74) is 0.848. The standard InChI is InChI=1S/C30H30F3N3O2/c1-29(2,3)23-11-13-24(14-12-23)38-20-6-7-22-10-15-27(34-21-22)35-16-18-36(19-17-35)28(37)25-8-4-5-9-26(25)30(31,32)33/h4-5,8-15,21H,16-20H2,1-3H3. The molecule has 0 atom stereocenters. The SMILES string of the molecule is CC(C)(C)c1ccc(OCC#Cc2ccc(N3CCN(C(=O)c4ccccc4C(F)(F)F)CC3)nc2)cc1. The van der Waals surface area contributed by atoms with Crippen molar-refractivity contribution in [3.8, 4) is 17.6 Å². The second-order valence-corrected chi connectivity index (χ2v) is 10.1. The summed E-state index contributed by atoms with van der Waals surface area (Å²) in [6, 6.07) is 16.6. The topological polar surface area (TPSA) is 45.7 Å². The lowest BCUT2D eigenvalue weighted by atomic mass is 9.87. The van der Waals surface area contributed by atoms with Gasteiger partial charge in [-0.1, -0.05) is 56.9 Å². The predicted molar refractivity (Wildman–Crippen MR) is 141 cm³/mol. The van der Waals surface area contributed by atoms with Crippen LogP contribution < -0.4 is 9.64 Å². The number of anilines is 1. The number of carbonyl (C=O) groups excluding carboxylic acids is 1. The monoisotopic (exact) mass is 521 g/mol. The Labute approximate surface area is 221 Å². The second kappa shape index (κ2) is 11.2. The number of pyridine rings is 1. The molecule has 1 aromatic heterocycles. The number of rotatable bonds is 4. The van der Waals surface area contributed by atoms with E-state index in [2.05, 4.69) is 49.7 Å². The summed E-state index contributed by atoms with van der Waals surface area (Å²) in [6.07, 6.45) is -2.90. The zero-order valence-corrected chi connectivity index (χ0v) is 21.7. The summed E-state index contributed by atoms with van der Waals surface area (Å²) in [4.78, 5) is 20.7. The first-order valence-electron chi connectivity index (χ1n) is 12.4. The van der Waals surface area contributed by atoms with E-state index >= 15 is 0 Å². The summed E-state index contributed by atoms with van der Waals surface area (Å²) in [6.45, 7) is 8.30. The molecule has 0 saturated carbocycles. The van der Waals surface area contributed by atoms with Crippen LogP contribution in [0.2, 0.25) is 0 Å². The highest BCUT2D eigenvalue weighted by molar-refractivity contribution is 5.96. The van der Waals surface area contributed by atoms with Crippen LogP contribution in [0.15, 0.2) is 66.9 Å². The average Bonchev–Trinajstić information content (AvgIpc) is 2.90. The molecule has 0 radical (unpaired) electrons. The van der Waals surface area contributed by atoms with Crippen molar-refractivity contribution in [2.75, 3.05) is 37.7 Å². The highest BCUT2D eigenvalue weighted by Gasteiger charge is 2.36. The highest BCUT2D eigenvalue weighted by Crippen LogP contribution is 2.32. The lowest BCUT2D eigenvalue weighted by Crippen LogP contribution is -2.49. The molecule has 1 saturated heterocycles. The second-order valence-electron chi connectivity index (χ2n) is 10.1. The van der Waals surface area contributed by atoms with Gasteiger partial charge in [-0.2, -0.15) is 13.2 Å². The summed E-state index contributed by atoms with van der Waals surface area (Å²) >= 11 is 0. The fourth-order valence-corrected chi connectivity index (χ4v) is 4.18. The minimum absolute atomic E-state index is 0.0886. The minimum atomic E-state index is -4.58. The van der Waals surface area contributed by atoms with Gasteiger partial charge in [0.15, 0.2) is 0 Å². The Hall–Kier alpha value is -3.99. The molecule has 1 aliphatic rings. The zero-order valence-electron chi connectivity index (χ0n) is 21.7. The number of carbonyl (C=O) groups is 1. The van der Waals surface area contributed by atoms with Crippen molar-refractivity contribution in [2.45, 2.75) is 32.4 Å². The van der Waals surface area contributed by atoms with Gasteiger partial charge < -0.3 is 14.5 Å². The summed E-state index contributed by atoms with van der Waals surface area (Å²) in [5, 5.41) is 0. The van der Waals surface area contributed by atoms with Gasteiger partial charge in [0, 0.05) is 37.9 Å². The summed E-state index contributed by atoms with van der Waals surface area (Å²) in [5.74, 6) is 6.92. The van der Waals surface area contributed by atoms with Crippen LogP contribution in [0, 0.1) is 11.8 Å². The van der Waals surface area contributed by atoms with Crippen molar-refractivity contribution >= 4 is 11.7 Å². The van der Waals surface area contributed by atoms with Crippen molar-refractivity contribution in [1.82, 2.24) is 9.88 Å². The molecule has 0 spiro atoms. The van der Waals surface area contributed by atoms with E-state index in [4.69, 9.17) is 4.74 Å². The van der Waals surface area contributed by atoms with E-state index in [0.29, 0.717) is 26.2 Å². The van der Waals surface area contributed by atoms with Gasteiger partial charge in [-0.25, -0.2) is 4.98 Å². The molecule has 4 rings (SSSR count). The lowest BCUT2D eigenvalue weighted by molar-refractivity contribution is -0.138. The van der Waals surface area contributed by atoms with E-state index in [0.717, 1.165) is 23.2 Å². The Bertz CT molecular complexity index is 1310. The molecule has 0 N–H and O–H groups in total. The lowest BCUT2D eigenvalue weighted by Gasteiger charge is -2.35. The molecule has 0 aliphatic carbocycles. The molecule has 8 heteroatoms. The third-order valence-corrected chi connectivity index (χ3v) is 6.37. The molecule has 2 heterocycles. The molecular weight excluding hydrogens is 491 g/mol. The number of benzene rings is 2. The van der Waals surface area contributed by atoms with Crippen LogP contribution in [0.4, 0.5) is 19.0 Å². The van der Waals surface area contributed by atoms with Crippen LogP contribution in [-0.4, -0.2) is 48.6 Å². The van der Waals surface area contributed by atoms with Gasteiger partial charge in [-0.3, -0.25) is 4.79 Å². The minimum Gasteiger partial charge on any atom is -0.481 e. The number of hydrogen-bond donors (Lipinski definition) is 0. The van der Waals surface area contributed by atoms with E-state index in [1.54, 1.807) is 6.20 Å². The average molecular weight is 522 g/mol. The highest BCUT2D eigenvalue weighted by atomic mass is 19.4. The van der Waals surface area contributed by atoms with Gasteiger partial charge in [0.05, 0.1) is 11.1 Å². The van der Waals surface area contributed by atoms with E-state index in [1.165, 1.54) is 28.7 Å². The molecule has 0 bridgehead atoms. The number of hydrogen-bond acceptors (Lipinski definition) is 4. The number of halogens is 3. The van der Waals surface area contributed by atoms with Crippen molar-refractivity contribution in [2.24, 2.45) is 0 Å². The van der Waals surface area contributed by atoms with Gasteiger partial charge in [0.2, 0.25) is 0 Å². The number of amides is 1. The van der Waals surface area contributed by atoms with Gasteiger partial charge in [0.25, 0.3) is 5.91 Å². The number of ether oxygens (including phenoxy) is 1. The van der Waals surface area contributed by atoms with Crippen molar-refractivity contribution in [1.29, 1.82) is 0 Å². The van der Waals surface area contributed by atoms with E-state index in [-0.39, 0.29) is 17.6 Å². The first-order chi connectivity index (χ1) is 18.0. The molecule has 3 aromatic rings. The first-order valence-corrected chi connectivity index (χ1v) is 12.4. The third kappa shape index (κ3) is 6.65. The van der Waals surface area contributed by atoms with Crippen LogP contribution in [0.1, 0.15) is 47.8 Å². The van der Waals surface area contributed by atoms with Gasteiger partial charge in [-0.15, -0.1) is 0 Å². The van der Waals surface area contributed by atoms with Crippen LogP contribution in [0.3, 0.4) is 0 Å². The van der Waals surface area contributed by atoms with Crippen LogP contribution in [-0.2, 0) is 11.6 Å². The fourth-order valence-electron chi connectivity index (χ4n) is 4.18. The summed E-state index contributed by atoms with van der Waals surface area (Å²) < 4.78 is 45.6. The van der Waals surface area contributed by atoms with E-state index in [1.807, 2.05) is 29.2 Å². The molecule has 198 valence electrons. The Balaban J connectivity index is 1.29. The van der Waals surface area contributed by atoms with Crippen molar-refractivity contribution in [3.63, 3.8) is 0 Å². The maximum atomic E-state index is 13.3. The number of nitrogens with zero attached hydrogens (tertiary/aromatic N) is 3. The Kier molecular flexibility index (Phi) is 7.96. The fraction of sp³-hybridized carbons (Fsp3) is 0.333. The maximum absolute atomic E-state index is 13.3. The Morgan fingerprint density at radius 1 is 0.947 bits per heavy atom. The molecular formula is C30H30F3N3O2. The number of piperazine rings is 1. The molecule has 1 amide bonds. The van der Waals surface area contributed by atoms with E-state index in [9.17, 15) is 18.0 Å². The van der Waals surface area contributed by atoms with E-state index < -0.39 is 17.6 Å². The smallest absolute Gasteiger partial charge is 0.417 e. The van der Waals surface area contributed by atoms with Gasteiger partial charge in [0.1, 0.15) is 18.2 Å². The number of alkyl halides is 3. The summed E-state index contributed by atoms with van der Waals surface area (Å²) in [7, 11) is 0. The molecule has 5 nitrogen and oxygen atoms in total. The largest absolute Gasteiger partial charge is 0.481 e. The van der Waals surface area contributed by atoms with Crippen molar-refractivity contribution < 1.29 is 22.7 Å². The van der Waals surface area contributed by atoms with Crippen LogP contribution in [0.25, 0.3) is 0 Å². The van der Waals surface area contributed by atoms with Crippen LogP contribution >= 0.6 is 0 Å². The maximum Gasteiger partial charge on any atom is 0.417 e. The molecule has 2 aromatic carbocycles. The first kappa shape index (κ1) is 27.1. The molecule has 1 aliphatic heterocycles. The quantitative estimate of drug-likeness (QED) is 0.408. The third-order valence-electron chi connectivity index (χ3n) is 6.37. The molecule has 1 fully saturated rings. The van der Waals surface area contributed by atoms with Crippen LogP contribution in [0.5, 0.6) is 5.75 Å². The Morgan fingerprint density at radius 2 is 1.63 bits per heavy atom. The molecule has 38 heavy (non-hydrogen) atoms. The predicted octanol–water partition coefficient (Wildman–Crippen LogP) is 5.79. The normalized spacial score (nSPS) is 14.1. The van der Waals surface area contributed by atoms with Gasteiger partial charge in [-0.05, 0) is 47.4 Å². The zero-order chi connectivity index (χ0) is 27.3.